The number of benzene rings is 2. The van der Waals surface area contributed by atoms with E-state index < -0.39 is 6.04 Å². The van der Waals surface area contributed by atoms with Crippen LogP contribution in [-0.4, -0.2) is 25.2 Å². The Morgan fingerprint density at radius 3 is 2.69 bits per heavy atom. The van der Waals surface area contributed by atoms with Gasteiger partial charge in [0.1, 0.15) is 18.0 Å². The monoisotopic (exact) mass is 375 g/mol. The third-order valence-electron chi connectivity index (χ3n) is 4.12. The zero-order chi connectivity index (χ0) is 18.5. The van der Waals surface area contributed by atoms with Crippen molar-refractivity contribution in [1.29, 1.82) is 0 Å². The molecule has 2 aromatic carbocycles. The summed E-state index contributed by atoms with van der Waals surface area (Å²) in [5.41, 5.74) is 11.6. The number of ether oxygens (including phenoxy) is 1. The van der Waals surface area contributed by atoms with Crippen molar-refractivity contribution in [1.82, 2.24) is 21.7 Å². The van der Waals surface area contributed by atoms with Gasteiger partial charge in [-0.1, -0.05) is 29.8 Å². The Kier molecular flexibility index (Phi) is 5.95. The third kappa shape index (κ3) is 4.44. The highest BCUT2D eigenvalue weighted by Gasteiger charge is 2.33. The largest absolute Gasteiger partial charge is 0.495 e. The van der Waals surface area contributed by atoms with Gasteiger partial charge in [0, 0.05) is 11.6 Å². The van der Waals surface area contributed by atoms with E-state index in [9.17, 15) is 4.79 Å². The van der Waals surface area contributed by atoms with Crippen LogP contribution in [0.3, 0.4) is 0 Å². The molecule has 2 aromatic rings. The Labute approximate surface area is 157 Å². The fraction of sp³-hybridized carbons (Fsp3) is 0.278. The van der Waals surface area contributed by atoms with Gasteiger partial charge in [0.15, 0.2) is 0 Å². The zero-order valence-corrected chi connectivity index (χ0v) is 15.4. The van der Waals surface area contributed by atoms with Crippen LogP contribution in [0.2, 0.25) is 5.02 Å². The van der Waals surface area contributed by atoms with Crippen LogP contribution in [0.1, 0.15) is 11.1 Å². The van der Waals surface area contributed by atoms with Gasteiger partial charge in [-0.25, -0.2) is 10.9 Å². The topological polar surface area (TPSA) is 86.5 Å². The molecule has 1 saturated heterocycles. The molecule has 1 aliphatic heterocycles. The van der Waals surface area contributed by atoms with Crippen molar-refractivity contribution in [3.63, 3.8) is 0 Å². The van der Waals surface area contributed by atoms with E-state index >= 15 is 0 Å². The van der Waals surface area contributed by atoms with E-state index in [1.54, 1.807) is 19.2 Å². The molecule has 7 nitrogen and oxygen atoms in total. The first kappa shape index (κ1) is 18.5. The van der Waals surface area contributed by atoms with E-state index in [1.165, 1.54) is 0 Å². The summed E-state index contributed by atoms with van der Waals surface area (Å²) in [7, 11) is 1.62. The first-order chi connectivity index (χ1) is 12.6. The molecule has 138 valence electrons. The summed E-state index contributed by atoms with van der Waals surface area (Å²) in [5.74, 6) is 0.575. The number of hydrogen-bond donors (Lipinski definition) is 5. The van der Waals surface area contributed by atoms with E-state index in [0.717, 1.165) is 16.8 Å². The predicted octanol–water partition coefficient (Wildman–Crippen LogP) is 1.69. The number of hydrogen-bond acceptors (Lipinski definition) is 6. The lowest BCUT2D eigenvalue weighted by atomic mass is 10.1. The number of methoxy groups -OCH3 is 1. The summed E-state index contributed by atoms with van der Waals surface area (Å²) >= 11 is 5.88. The Bertz CT molecular complexity index is 769. The molecule has 2 atom stereocenters. The van der Waals surface area contributed by atoms with Crippen LogP contribution in [0.4, 0.5) is 5.69 Å². The van der Waals surface area contributed by atoms with Gasteiger partial charge in [-0.3, -0.25) is 4.79 Å². The summed E-state index contributed by atoms with van der Waals surface area (Å²) in [6.45, 7) is 2.42. The number of rotatable bonds is 6. The van der Waals surface area contributed by atoms with Gasteiger partial charge in [-0.15, -0.1) is 0 Å². The highest BCUT2D eigenvalue weighted by atomic mass is 35.5. The Balaban J connectivity index is 1.63. The molecule has 0 spiro atoms. The van der Waals surface area contributed by atoms with Gasteiger partial charge < -0.3 is 15.4 Å². The lowest BCUT2D eigenvalue weighted by Crippen LogP contribution is -2.50. The molecule has 1 fully saturated rings. The summed E-state index contributed by atoms with van der Waals surface area (Å²) in [6.07, 6.45) is -0.351. The van der Waals surface area contributed by atoms with Crippen molar-refractivity contribution in [3.8, 4) is 5.75 Å². The van der Waals surface area contributed by atoms with E-state index in [4.69, 9.17) is 16.3 Å². The molecule has 0 bridgehead atoms. The summed E-state index contributed by atoms with van der Waals surface area (Å²) in [4.78, 5) is 12.6. The molecule has 5 N–H and O–H groups in total. The van der Waals surface area contributed by atoms with Crippen molar-refractivity contribution in [3.05, 3.63) is 58.6 Å². The van der Waals surface area contributed by atoms with Crippen molar-refractivity contribution in [2.45, 2.75) is 25.7 Å². The Morgan fingerprint density at radius 2 is 1.96 bits per heavy atom. The molecular formula is C18H22ClN5O2. The van der Waals surface area contributed by atoms with Crippen molar-refractivity contribution < 1.29 is 9.53 Å². The summed E-state index contributed by atoms with van der Waals surface area (Å²) in [5, 5.41) is 6.89. The lowest BCUT2D eigenvalue weighted by Gasteiger charge is -2.21. The Morgan fingerprint density at radius 1 is 1.19 bits per heavy atom. The number of nitrogens with one attached hydrogen (secondary N) is 5. The van der Waals surface area contributed by atoms with Crippen LogP contribution >= 0.6 is 11.6 Å². The second kappa shape index (κ2) is 8.37. The maximum atomic E-state index is 12.6. The molecule has 1 heterocycles. The average Bonchev–Trinajstić information content (AvgIpc) is 3.09. The molecule has 0 radical (unpaired) electrons. The minimum absolute atomic E-state index is 0.137. The quantitative estimate of drug-likeness (QED) is 0.528. The standard InChI is InChI=1S/C18H22ClN5O2/c1-11-3-8-15(26-2)14(9-11)21-17-16(22-24-23-17)18(25)20-10-12-4-6-13(19)7-5-12/h3-9,16-17,21-24H,10H2,1-2H3,(H,20,25). The Hall–Kier alpha value is -2.32. The van der Waals surface area contributed by atoms with E-state index in [1.807, 2.05) is 37.3 Å². The smallest absolute Gasteiger partial charge is 0.242 e. The molecule has 1 aliphatic rings. The molecule has 8 heteroatoms. The highest BCUT2D eigenvalue weighted by molar-refractivity contribution is 6.30. The summed E-state index contributed by atoms with van der Waals surface area (Å²) in [6, 6.07) is 12.7. The number of halogens is 1. The molecular weight excluding hydrogens is 354 g/mol. The average molecular weight is 376 g/mol. The van der Waals surface area contributed by atoms with Crippen molar-refractivity contribution >= 4 is 23.2 Å². The number of amides is 1. The minimum atomic E-state index is -0.507. The van der Waals surface area contributed by atoms with Crippen molar-refractivity contribution in [2.24, 2.45) is 0 Å². The van der Waals surface area contributed by atoms with Gasteiger partial charge in [-0.05, 0) is 42.3 Å². The van der Waals surface area contributed by atoms with Gasteiger partial charge in [0.25, 0.3) is 0 Å². The number of anilines is 1. The summed E-state index contributed by atoms with van der Waals surface area (Å²) < 4.78 is 5.38. The minimum Gasteiger partial charge on any atom is -0.495 e. The maximum absolute atomic E-state index is 12.6. The van der Waals surface area contributed by atoms with Crippen LogP contribution in [0.25, 0.3) is 0 Å². The molecule has 0 saturated carbocycles. The van der Waals surface area contributed by atoms with Gasteiger partial charge in [-0.2, -0.15) is 5.53 Å². The van der Waals surface area contributed by atoms with Gasteiger partial charge >= 0.3 is 0 Å². The second-order valence-electron chi connectivity index (χ2n) is 6.06. The van der Waals surface area contributed by atoms with E-state index in [0.29, 0.717) is 17.3 Å². The fourth-order valence-corrected chi connectivity index (χ4v) is 2.83. The highest BCUT2D eigenvalue weighted by Crippen LogP contribution is 2.26. The van der Waals surface area contributed by atoms with Crippen molar-refractivity contribution in [2.75, 3.05) is 12.4 Å². The maximum Gasteiger partial charge on any atom is 0.242 e. The van der Waals surface area contributed by atoms with Crippen LogP contribution in [-0.2, 0) is 11.3 Å². The van der Waals surface area contributed by atoms with Crippen LogP contribution in [0.15, 0.2) is 42.5 Å². The molecule has 1 amide bonds. The number of carbonyl (C=O) groups excluding carboxylic acids is 1. The first-order valence-corrected chi connectivity index (χ1v) is 8.64. The van der Waals surface area contributed by atoms with Crippen LogP contribution in [0.5, 0.6) is 5.75 Å². The zero-order valence-electron chi connectivity index (χ0n) is 14.6. The lowest BCUT2D eigenvalue weighted by molar-refractivity contribution is -0.123. The number of hydrazine groups is 2. The van der Waals surface area contributed by atoms with Crippen LogP contribution in [0, 0.1) is 6.92 Å². The predicted molar refractivity (Wildman–Crippen MR) is 102 cm³/mol. The SMILES string of the molecule is COc1ccc(C)cc1NC1NNNC1C(=O)NCc1ccc(Cl)cc1. The number of aryl methyl sites for hydroxylation is 1. The van der Waals surface area contributed by atoms with Gasteiger partial charge in [0.2, 0.25) is 5.91 Å². The van der Waals surface area contributed by atoms with Crippen LogP contribution < -0.4 is 31.8 Å². The molecule has 2 unspecified atom stereocenters. The number of carbonyl (C=O) groups is 1. The second-order valence-corrected chi connectivity index (χ2v) is 6.50. The molecule has 0 aliphatic carbocycles. The van der Waals surface area contributed by atoms with E-state index in [-0.39, 0.29) is 12.1 Å². The van der Waals surface area contributed by atoms with Gasteiger partial charge in [0.05, 0.1) is 12.8 Å². The first-order valence-electron chi connectivity index (χ1n) is 8.26. The van der Waals surface area contributed by atoms with E-state index in [2.05, 4.69) is 27.0 Å². The molecule has 3 rings (SSSR count). The molecule has 0 aromatic heterocycles. The normalized spacial score (nSPS) is 19.2. The fourth-order valence-electron chi connectivity index (χ4n) is 2.70. The third-order valence-corrected chi connectivity index (χ3v) is 4.37. The molecule has 26 heavy (non-hydrogen) atoms.